The Morgan fingerprint density at radius 3 is 2.38 bits per heavy atom. The van der Waals surface area contributed by atoms with Gasteiger partial charge < -0.3 is 4.74 Å². The highest BCUT2D eigenvalue weighted by Gasteiger charge is 2.17. The van der Waals surface area contributed by atoms with E-state index in [-0.39, 0.29) is 11.1 Å². The molecule has 0 radical (unpaired) electrons. The van der Waals surface area contributed by atoms with Crippen LogP contribution >= 0.6 is 0 Å². The number of hydrogen-bond acceptors (Lipinski definition) is 2. The van der Waals surface area contributed by atoms with Crippen LogP contribution < -0.4 is 0 Å². The Balaban J connectivity index is 3.33. The van der Waals surface area contributed by atoms with E-state index in [1.54, 1.807) is 0 Å². The molecule has 0 amide bonds. The van der Waals surface area contributed by atoms with Gasteiger partial charge in [-0.15, -0.1) is 0 Å². The van der Waals surface area contributed by atoms with Crippen molar-refractivity contribution in [2.45, 2.75) is 6.92 Å². The fourth-order valence-corrected chi connectivity index (χ4v) is 1.01. The van der Waals surface area contributed by atoms with E-state index in [9.17, 15) is 13.6 Å². The van der Waals surface area contributed by atoms with Gasteiger partial charge in [0.1, 0.15) is 17.2 Å². The first-order valence-corrected chi connectivity index (χ1v) is 3.61. The van der Waals surface area contributed by atoms with Gasteiger partial charge in [0.05, 0.1) is 7.11 Å². The van der Waals surface area contributed by atoms with Crippen LogP contribution in [0.15, 0.2) is 12.1 Å². The van der Waals surface area contributed by atoms with Crippen LogP contribution in [0.3, 0.4) is 0 Å². The molecule has 0 aliphatic rings. The molecule has 70 valence electrons. The molecular weight excluding hydrogens is 178 g/mol. The van der Waals surface area contributed by atoms with Crippen molar-refractivity contribution in [2.24, 2.45) is 0 Å². The van der Waals surface area contributed by atoms with E-state index in [2.05, 4.69) is 4.74 Å². The molecule has 13 heavy (non-hydrogen) atoms. The summed E-state index contributed by atoms with van der Waals surface area (Å²) in [5.41, 5.74) is -0.380. The quantitative estimate of drug-likeness (QED) is 0.627. The van der Waals surface area contributed by atoms with Crippen molar-refractivity contribution in [3.63, 3.8) is 0 Å². The minimum Gasteiger partial charge on any atom is -0.465 e. The Kier molecular flexibility index (Phi) is 2.60. The second kappa shape index (κ2) is 3.51. The molecule has 0 heterocycles. The monoisotopic (exact) mass is 186 g/mol. The average Bonchev–Trinajstić information content (AvgIpc) is 2.12. The summed E-state index contributed by atoms with van der Waals surface area (Å²) in [6, 6.07) is 1.87. The summed E-state index contributed by atoms with van der Waals surface area (Å²) in [6.45, 7) is 1.32. The standard InChI is InChI=1S/C9H8F2O2/c1-5-6(10)3-4-7(11)8(5)9(12)13-2/h3-4H,1-2H3. The van der Waals surface area contributed by atoms with E-state index >= 15 is 0 Å². The molecular formula is C9H8F2O2. The predicted molar refractivity (Wildman–Crippen MR) is 42.4 cm³/mol. The van der Waals surface area contributed by atoms with Crippen molar-refractivity contribution in [1.82, 2.24) is 0 Å². The molecule has 0 fully saturated rings. The first kappa shape index (κ1) is 9.64. The van der Waals surface area contributed by atoms with Gasteiger partial charge in [0.2, 0.25) is 0 Å². The molecule has 2 nitrogen and oxygen atoms in total. The normalized spacial score (nSPS) is 9.85. The summed E-state index contributed by atoms with van der Waals surface area (Å²) in [7, 11) is 1.12. The maximum Gasteiger partial charge on any atom is 0.341 e. The minimum absolute atomic E-state index is 0.0353. The molecule has 0 aliphatic heterocycles. The van der Waals surface area contributed by atoms with Gasteiger partial charge >= 0.3 is 5.97 Å². The lowest BCUT2D eigenvalue weighted by atomic mass is 10.1. The van der Waals surface area contributed by atoms with Gasteiger partial charge in [-0.2, -0.15) is 0 Å². The third-order valence-corrected chi connectivity index (χ3v) is 1.74. The second-order valence-corrected chi connectivity index (χ2v) is 2.52. The van der Waals surface area contributed by atoms with Crippen molar-refractivity contribution >= 4 is 5.97 Å². The Hall–Kier alpha value is -1.45. The van der Waals surface area contributed by atoms with Crippen LogP contribution in [0.5, 0.6) is 0 Å². The molecule has 0 unspecified atom stereocenters. The molecule has 1 aromatic rings. The van der Waals surface area contributed by atoms with Crippen LogP contribution in [0.1, 0.15) is 15.9 Å². The summed E-state index contributed by atoms with van der Waals surface area (Å²) < 4.78 is 30.2. The predicted octanol–water partition coefficient (Wildman–Crippen LogP) is 2.06. The summed E-state index contributed by atoms with van der Waals surface area (Å²) in [5.74, 6) is -2.26. The lowest BCUT2D eigenvalue weighted by molar-refractivity contribution is 0.0594. The molecule has 0 spiro atoms. The molecule has 1 aromatic carbocycles. The highest BCUT2D eigenvalue weighted by molar-refractivity contribution is 5.91. The lowest BCUT2D eigenvalue weighted by Gasteiger charge is -2.05. The van der Waals surface area contributed by atoms with Gasteiger partial charge in [0.15, 0.2) is 0 Å². The molecule has 0 saturated heterocycles. The fraction of sp³-hybridized carbons (Fsp3) is 0.222. The highest BCUT2D eigenvalue weighted by Crippen LogP contribution is 2.16. The Labute approximate surface area is 74.1 Å². The van der Waals surface area contributed by atoms with Gasteiger partial charge in [-0.05, 0) is 19.1 Å². The van der Waals surface area contributed by atoms with Crippen LogP contribution in [-0.2, 0) is 4.74 Å². The molecule has 0 aliphatic carbocycles. The van der Waals surface area contributed by atoms with Crippen molar-refractivity contribution < 1.29 is 18.3 Å². The minimum atomic E-state index is -0.866. The van der Waals surface area contributed by atoms with Gasteiger partial charge in [0, 0.05) is 5.56 Å². The fourth-order valence-electron chi connectivity index (χ4n) is 1.01. The molecule has 1 rings (SSSR count). The smallest absolute Gasteiger partial charge is 0.341 e. The average molecular weight is 186 g/mol. The largest absolute Gasteiger partial charge is 0.465 e. The van der Waals surface area contributed by atoms with E-state index in [1.165, 1.54) is 6.92 Å². The molecule has 0 saturated carbocycles. The van der Waals surface area contributed by atoms with Crippen molar-refractivity contribution in [1.29, 1.82) is 0 Å². The molecule has 0 atom stereocenters. The zero-order valence-electron chi connectivity index (χ0n) is 7.23. The molecule has 0 N–H and O–H groups in total. The number of ether oxygens (including phenoxy) is 1. The zero-order valence-corrected chi connectivity index (χ0v) is 7.23. The first-order chi connectivity index (χ1) is 6.07. The van der Waals surface area contributed by atoms with Gasteiger partial charge in [-0.1, -0.05) is 0 Å². The number of hydrogen-bond donors (Lipinski definition) is 0. The van der Waals surface area contributed by atoms with Gasteiger partial charge in [-0.25, -0.2) is 13.6 Å². The van der Waals surface area contributed by atoms with E-state index in [0.717, 1.165) is 19.2 Å². The van der Waals surface area contributed by atoms with Crippen molar-refractivity contribution in [3.8, 4) is 0 Å². The third-order valence-electron chi connectivity index (χ3n) is 1.74. The third kappa shape index (κ3) is 1.66. The van der Waals surface area contributed by atoms with E-state index in [4.69, 9.17) is 0 Å². The van der Waals surface area contributed by atoms with Crippen LogP contribution in [-0.4, -0.2) is 13.1 Å². The number of esters is 1. The maximum atomic E-state index is 13.0. The lowest BCUT2D eigenvalue weighted by Crippen LogP contribution is -2.08. The van der Waals surface area contributed by atoms with Gasteiger partial charge in [0.25, 0.3) is 0 Å². The van der Waals surface area contributed by atoms with Crippen LogP contribution in [0.4, 0.5) is 8.78 Å². The van der Waals surface area contributed by atoms with Crippen molar-refractivity contribution in [2.75, 3.05) is 7.11 Å². The van der Waals surface area contributed by atoms with Crippen LogP contribution in [0, 0.1) is 18.6 Å². The first-order valence-electron chi connectivity index (χ1n) is 3.61. The second-order valence-electron chi connectivity index (χ2n) is 2.52. The number of carbonyl (C=O) groups is 1. The van der Waals surface area contributed by atoms with E-state index in [1.807, 2.05) is 0 Å². The number of benzene rings is 1. The Morgan fingerprint density at radius 1 is 1.31 bits per heavy atom. The molecule has 0 aromatic heterocycles. The number of halogens is 2. The van der Waals surface area contributed by atoms with Gasteiger partial charge in [-0.3, -0.25) is 0 Å². The highest BCUT2D eigenvalue weighted by atomic mass is 19.1. The maximum absolute atomic E-state index is 13.0. The van der Waals surface area contributed by atoms with Crippen LogP contribution in [0.25, 0.3) is 0 Å². The number of rotatable bonds is 1. The summed E-state index contributed by atoms with van der Waals surface area (Å²) in [6.07, 6.45) is 0. The topological polar surface area (TPSA) is 26.3 Å². The zero-order chi connectivity index (χ0) is 10.0. The Bertz CT molecular complexity index is 348. The van der Waals surface area contributed by atoms with E-state index < -0.39 is 17.6 Å². The van der Waals surface area contributed by atoms with E-state index in [0.29, 0.717) is 0 Å². The molecule has 4 heteroatoms. The Morgan fingerprint density at radius 2 is 1.85 bits per heavy atom. The SMILES string of the molecule is COC(=O)c1c(F)ccc(F)c1C. The summed E-state index contributed by atoms with van der Waals surface area (Å²) in [4.78, 5) is 11.0. The van der Waals surface area contributed by atoms with Crippen LogP contribution in [0.2, 0.25) is 0 Å². The number of carbonyl (C=O) groups excluding carboxylic acids is 1. The van der Waals surface area contributed by atoms with Crippen molar-refractivity contribution in [3.05, 3.63) is 34.9 Å². The number of methoxy groups -OCH3 is 1. The molecule has 0 bridgehead atoms. The summed E-state index contributed by atoms with van der Waals surface area (Å²) >= 11 is 0. The summed E-state index contributed by atoms with van der Waals surface area (Å²) in [5, 5.41) is 0.